The quantitative estimate of drug-likeness (QED) is 0.505. The molecule has 2 aromatic carbocycles. The van der Waals surface area contributed by atoms with Crippen molar-refractivity contribution in [3.8, 4) is 0 Å². The lowest BCUT2D eigenvalue weighted by atomic mass is 9.76. The largest absolute Gasteiger partial charge is 0.390 e. The van der Waals surface area contributed by atoms with E-state index in [2.05, 4.69) is 29.3 Å². The number of rotatable bonds is 9. The van der Waals surface area contributed by atoms with E-state index in [1.54, 1.807) is 0 Å². The van der Waals surface area contributed by atoms with Crippen LogP contribution in [0.15, 0.2) is 49.0 Å². The van der Waals surface area contributed by atoms with Gasteiger partial charge in [0.25, 0.3) is 0 Å². The number of hydrogen-bond donors (Lipinski definition) is 3. The third-order valence-corrected chi connectivity index (χ3v) is 6.50. The van der Waals surface area contributed by atoms with Gasteiger partial charge >= 0.3 is 0 Å². The molecule has 178 valence electrons. The molecular formula is C27H34F2N2O2. The van der Waals surface area contributed by atoms with Crippen LogP contribution in [-0.2, 0) is 16.8 Å². The van der Waals surface area contributed by atoms with Gasteiger partial charge < -0.3 is 15.7 Å². The molecule has 6 heteroatoms. The van der Waals surface area contributed by atoms with Crippen molar-refractivity contribution in [3.63, 3.8) is 0 Å². The fourth-order valence-corrected chi connectivity index (χ4v) is 4.77. The molecule has 0 saturated heterocycles. The monoisotopic (exact) mass is 456 g/mol. The minimum atomic E-state index is -0.941. The number of carbonyl (C=O) groups is 1. The highest BCUT2D eigenvalue weighted by atomic mass is 19.1. The number of benzene rings is 2. The minimum Gasteiger partial charge on any atom is -0.390 e. The molecule has 2 atom stereocenters. The van der Waals surface area contributed by atoms with E-state index < -0.39 is 23.8 Å². The van der Waals surface area contributed by atoms with Gasteiger partial charge in [-0.25, -0.2) is 8.78 Å². The fraction of sp³-hybridized carbons (Fsp3) is 0.444. The molecule has 0 aromatic heterocycles. The molecule has 0 spiro atoms. The molecule has 0 radical (unpaired) electrons. The normalized spacial score (nSPS) is 17.2. The van der Waals surface area contributed by atoms with Gasteiger partial charge in [-0.3, -0.25) is 4.79 Å². The molecule has 4 nitrogen and oxygen atoms in total. The second kappa shape index (κ2) is 11.0. The van der Waals surface area contributed by atoms with Gasteiger partial charge in [-0.2, -0.15) is 0 Å². The number of carbonyl (C=O) groups excluding carboxylic acids is 1. The number of aliphatic hydroxyl groups excluding tert-OH is 1. The third-order valence-electron chi connectivity index (χ3n) is 6.50. The van der Waals surface area contributed by atoms with E-state index in [1.165, 1.54) is 25.5 Å². The van der Waals surface area contributed by atoms with E-state index in [4.69, 9.17) is 0 Å². The molecule has 2 aromatic rings. The van der Waals surface area contributed by atoms with Crippen LogP contribution in [0.2, 0.25) is 0 Å². The number of allylic oxidation sites excluding steroid dienone is 1. The second-order valence-electron chi connectivity index (χ2n) is 9.24. The van der Waals surface area contributed by atoms with Crippen LogP contribution < -0.4 is 10.6 Å². The van der Waals surface area contributed by atoms with E-state index >= 15 is 0 Å². The van der Waals surface area contributed by atoms with Crippen LogP contribution in [0, 0.1) is 11.6 Å². The average Bonchev–Trinajstić information content (AvgIpc) is 2.77. The summed E-state index contributed by atoms with van der Waals surface area (Å²) in [5, 5.41) is 17.4. The Morgan fingerprint density at radius 3 is 2.36 bits per heavy atom. The first-order valence-electron chi connectivity index (χ1n) is 11.6. The maximum Gasteiger partial charge on any atom is 0.217 e. The summed E-state index contributed by atoms with van der Waals surface area (Å²) in [7, 11) is 0. The Morgan fingerprint density at radius 2 is 1.76 bits per heavy atom. The van der Waals surface area contributed by atoms with Gasteiger partial charge in [0.05, 0.1) is 12.1 Å². The maximum atomic E-state index is 13.7. The summed E-state index contributed by atoms with van der Waals surface area (Å²) in [6, 6.07) is 10.9. The van der Waals surface area contributed by atoms with Crippen molar-refractivity contribution in [1.29, 1.82) is 0 Å². The number of amides is 1. The van der Waals surface area contributed by atoms with E-state index in [-0.39, 0.29) is 24.4 Å². The van der Waals surface area contributed by atoms with E-state index in [9.17, 15) is 18.7 Å². The SMILES string of the molecule is C=C(C)c1cccc(C2(NCC(O)C(Cc3cc(F)cc(F)c3)NC(C)=O)CCCCC2)c1. The Hall–Kier alpha value is -2.57. The Morgan fingerprint density at radius 1 is 1.09 bits per heavy atom. The standard InChI is InChI=1S/C27H34F2N2O2/c1-18(2)21-8-7-9-22(15-21)27(10-5-4-6-11-27)30-17-26(33)25(31-19(3)32)14-20-12-23(28)16-24(29)13-20/h7-9,12-13,15-16,25-26,30,33H,1,4-6,10-11,14,17H2,2-3H3,(H,31,32). The molecular weight excluding hydrogens is 422 g/mol. The second-order valence-corrected chi connectivity index (χ2v) is 9.24. The maximum absolute atomic E-state index is 13.7. The predicted octanol–water partition coefficient (Wildman–Crippen LogP) is 4.86. The molecule has 0 heterocycles. The van der Waals surface area contributed by atoms with E-state index in [0.717, 1.165) is 48.4 Å². The van der Waals surface area contributed by atoms with Gasteiger partial charge in [-0.15, -0.1) is 0 Å². The van der Waals surface area contributed by atoms with Crippen LogP contribution >= 0.6 is 0 Å². The van der Waals surface area contributed by atoms with Crippen molar-refractivity contribution in [2.24, 2.45) is 0 Å². The summed E-state index contributed by atoms with van der Waals surface area (Å²) < 4.78 is 27.3. The first-order chi connectivity index (χ1) is 15.7. The summed E-state index contributed by atoms with van der Waals surface area (Å²) in [5.41, 5.74) is 3.35. The van der Waals surface area contributed by atoms with E-state index in [1.807, 2.05) is 19.1 Å². The third kappa shape index (κ3) is 6.71. The lowest BCUT2D eigenvalue weighted by Crippen LogP contribution is -2.53. The van der Waals surface area contributed by atoms with Crippen molar-refractivity contribution < 1.29 is 18.7 Å². The highest BCUT2D eigenvalue weighted by Crippen LogP contribution is 2.38. The average molecular weight is 457 g/mol. The Labute approximate surface area is 195 Å². The lowest BCUT2D eigenvalue weighted by molar-refractivity contribution is -0.120. The van der Waals surface area contributed by atoms with E-state index in [0.29, 0.717) is 5.56 Å². The van der Waals surface area contributed by atoms with Crippen LogP contribution in [0.25, 0.3) is 5.57 Å². The zero-order valence-corrected chi connectivity index (χ0v) is 19.5. The number of nitrogens with one attached hydrogen (secondary N) is 2. The molecule has 1 amide bonds. The van der Waals surface area contributed by atoms with Crippen molar-refractivity contribution in [3.05, 3.63) is 77.4 Å². The lowest BCUT2D eigenvalue weighted by Gasteiger charge is -2.40. The molecule has 1 fully saturated rings. The molecule has 3 N–H and O–H groups in total. The summed E-state index contributed by atoms with van der Waals surface area (Å²) in [6.45, 7) is 7.64. The molecule has 33 heavy (non-hydrogen) atoms. The first-order valence-corrected chi connectivity index (χ1v) is 11.6. The number of hydrogen-bond acceptors (Lipinski definition) is 3. The van der Waals surface area contributed by atoms with Crippen molar-refractivity contribution >= 4 is 11.5 Å². The predicted molar refractivity (Wildman–Crippen MR) is 128 cm³/mol. The minimum absolute atomic E-state index is 0.120. The number of halogens is 2. The van der Waals surface area contributed by atoms with Crippen molar-refractivity contribution in [1.82, 2.24) is 10.6 Å². The molecule has 0 aliphatic heterocycles. The molecule has 1 aliphatic carbocycles. The summed E-state index contributed by atoms with van der Waals surface area (Å²) in [6.07, 6.45) is 4.40. The topological polar surface area (TPSA) is 61.4 Å². The molecule has 0 bridgehead atoms. The smallest absolute Gasteiger partial charge is 0.217 e. The fourth-order valence-electron chi connectivity index (χ4n) is 4.77. The van der Waals surface area contributed by atoms with Crippen LogP contribution in [0.1, 0.15) is 62.6 Å². The highest BCUT2D eigenvalue weighted by Gasteiger charge is 2.35. The molecule has 1 saturated carbocycles. The highest BCUT2D eigenvalue weighted by molar-refractivity contribution is 5.73. The van der Waals surface area contributed by atoms with Gasteiger partial charge in [0.1, 0.15) is 11.6 Å². The van der Waals surface area contributed by atoms with Crippen LogP contribution in [-0.4, -0.2) is 29.7 Å². The van der Waals surface area contributed by atoms with Crippen LogP contribution in [0.3, 0.4) is 0 Å². The number of aliphatic hydroxyl groups is 1. The molecule has 1 aliphatic rings. The van der Waals surface area contributed by atoms with Crippen molar-refractivity contribution in [2.45, 2.75) is 70.1 Å². The zero-order chi connectivity index (χ0) is 24.0. The van der Waals surface area contributed by atoms with Crippen LogP contribution in [0.4, 0.5) is 8.78 Å². The van der Waals surface area contributed by atoms with Gasteiger partial charge in [0, 0.05) is 25.1 Å². The summed E-state index contributed by atoms with van der Waals surface area (Å²) in [4.78, 5) is 11.8. The first kappa shape index (κ1) is 25.1. The van der Waals surface area contributed by atoms with Gasteiger partial charge in [-0.05, 0) is 61.1 Å². The Kier molecular flexibility index (Phi) is 8.38. The van der Waals surface area contributed by atoms with Gasteiger partial charge in [0.2, 0.25) is 5.91 Å². The Bertz CT molecular complexity index is 966. The summed E-state index contributed by atoms with van der Waals surface area (Å²) >= 11 is 0. The van der Waals surface area contributed by atoms with Crippen LogP contribution in [0.5, 0.6) is 0 Å². The van der Waals surface area contributed by atoms with Gasteiger partial charge in [0.15, 0.2) is 0 Å². The Balaban J connectivity index is 1.79. The van der Waals surface area contributed by atoms with Gasteiger partial charge in [-0.1, -0.05) is 49.6 Å². The summed E-state index contributed by atoms with van der Waals surface area (Å²) in [5.74, 6) is -1.67. The molecule has 2 unspecified atom stereocenters. The van der Waals surface area contributed by atoms with Crippen molar-refractivity contribution in [2.75, 3.05) is 6.54 Å². The zero-order valence-electron chi connectivity index (χ0n) is 19.5. The molecule has 3 rings (SSSR count).